The molecule has 4 rings (SSSR count). The summed E-state index contributed by atoms with van der Waals surface area (Å²) in [5, 5.41) is 11.5. The van der Waals surface area contributed by atoms with E-state index in [0.29, 0.717) is 23.8 Å². The molecule has 1 aromatic carbocycles. The van der Waals surface area contributed by atoms with Crippen LogP contribution < -0.4 is 19.3 Å². The first-order valence-electron chi connectivity index (χ1n) is 8.60. The van der Waals surface area contributed by atoms with Gasteiger partial charge in [0.1, 0.15) is 5.60 Å². The molecule has 3 heterocycles. The number of fused-ring (bicyclic) bond motifs is 1. The fourth-order valence-corrected chi connectivity index (χ4v) is 4.43. The fourth-order valence-electron chi connectivity index (χ4n) is 4.43. The van der Waals surface area contributed by atoms with Gasteiger partial charge in [-0.15, -0.1) is 0 Å². The lowest BCUT2D eigenvalue weighted by molar-refractivity contribution is -0.313. The number of rotatable bonds is 6. The SMILES string of the molecule is COc1cc(CN2C[C@]34C=C[C@@H](O3)[C@H](C(=O)[O-])[C@@H]4C2=O)cc(OC)c1OC. The molecule has 4 atom stereocenters. The molecule has 2 fully saturated rings. The van der Waals surface area contributed by atoms with Crippen LogP contribution in [0.25, 0.3) is 0 Å². The standard InChI is InChI=1S/C19H21NO7/c1-24-12-6-10(7-13(25-2)16(12)26-3)8-20-9-19-5-4-11(27-19)14(18(22)23)15(19)17(20)21/h4-7,11,14-15H,8-9H2,1-3H3,(H,22,23)/p-1/t11-,14+,15-,19+/m1/s1. The van der Waals surface area contributed by atoms with Gasteiger partial charge in [-0.3, -0.25) is 4.79 Å². The predicted molar refractivity (Wildman–Crippen MR) is 90.2 cm³/mol. The molecule has 0 radical (unpaired) electrons. The van der Waals surface area contributed by atoms with Crippen LogP contribution in [0.3, 0.4) is 0 Å². The predicted octanol–water partition coefficient (Wildman–Crippen LogP) is -0.256. The van der Waals surface area contributed by atoms with Crippen LogP contribution in [-0.4, -0.2) is 56.4 Å². The summed E-state index contributed by atoms with van der Waals surface area (Å²) in [6.45, 7) is 0.569. The van der Waals surface area contributed by atoms with E-state index < -0.39 is 29.5 Å². The lowest BCUT2D eigenvalue weighted by Crippen LogP contribution is -2.45. The first-order valence-corrected chi connectivity index (χ1v) is 8.60. The topological polar surface area (TPSA) is 97.4 Å². The third-order valence-electron chi connectivity index (χ3n) is 5.55. The number of carboxylic acids is 1. The van der Waals surface area contributed by atoms with Gasteiger partial charge < -0.3 is 33.7 Å². The number of hydrogen-bond donors (Lipinski definition) is 0. The summed E-state index contributed by atoms with van der Waals surface area (Å²) in [4.78, 5) is 26.1. The molecule has 0 unspecified atom stereocenters. The van der Waals surface area contributed by atoms with E-state index in [1.54, 1.807) is 23.1 Å². The number of likely N-dealkylation sites (tertiary alicyclic amines) is 1. The van der Waals surface area contributed by atoms with Gasteiger partial charge in [-0.05, 0) is 17.7 Å². The number of amides is 1. The summed E-state index contributed by atoms with van der Waals surface area (Å²) in [6, 6.07) is 3.54. The third-order valence-corrected chi connectivity index (χ3v) is 5.55. The average Bonchev–Trinajstić information content (AvgIpc) is 3.29. The van der Waals surface area contributed by atoms with E-state index in [1.807, 2.05) is 6.08 Å². The largest absolute Gasteiger partial charge is 0.550 e. The summed E-state index contributed by atoms with van der Waals surface area (Å²) < 4.78 is 21.9. The maximum atomic E-state index is 13.0. The van der Waals surface area contributed by atoms with E-state index in [2.05, 4.69) is 0 Å². The first-order chi connectivity index (χ1) is 12.9. The lowest BCUT2D eigenvalue weighted by atomic mass is 9.77. The normalized spacial score (nSPS) is 30.6. The lowest BCUT2D eigenvalue weighted by Gasteiger charge is -2.24. The Balaban J connectivity index is 1.63. The molecular formula is C19H20NO7-. The van der Waals surface area contributed by atoms with Crippen molar-refractivity contribution >= 4 is 11.9 Å². The van der Waals surface area contributed by atoms with Gasteiger partial charge in [-0.25, -0.2) is 0 Å². The maximum absolute atomic E-state index is 13.0. The van der Waals surface area contributed by atoms with Crippen LogP contribution in [0.2, 0.25) is 0 Å². The van der Waals surface area contributed by atoms with Gasteiger partial charge >= 0.3 is 0 Å². The molecule has 0 saturated carbocycles. The minimum absolute atomic E-state index is 0.246. The number of ether oxygens (including phenoxy) is 4. The highest BCUT2D eigenvalue weighted by molar-refractivity contribution is 5.90. The summed E-state index contributed by atoms with van der Waals surface area (Å²) >= 11 is 0. The zero-order valence-electron chi connectivity index (χ0n) is 15.3. The van der Waals surface area contributed by atoms with Crippen molar-refractivity contribution in [1.82, 2.24) is 4.90 Å². The third kappa shape index (κ3) is 2.47. The van der Waals surface area contributed by atoms with Crippen molar-refractivity contribution in [2.24, 2.45) is 11.8 Å². The van der Waals surface area contributed by atoms with Gasteiger partial charge in [-0.1, -0.05) is 12.2 Å². The van der Waals surface area contributed by atoms with Crippen molar-refractivity contribution in [2.75, 3.05) is 27.9 Å². The number of carboxylic acid groups (broad SMARTS) is 1. The van der Waals surface area contributed by atoms with Crippen molar-refractivity contribution in [1.29, 1.82) is 0 Å². The number of hydrogen-bond acceptors (Lipinski definition) is 7. The summed E-state index contributed by atoms with van der Waals surface area (Å²) in [5.74, 6) is -1.76. The van der Waals surface area contributed by atoms with Crippen molar-refractivity contribution in [2.45, 2.75) is 18.2 Å². The van der Waals surface area contributed by atoms with Crippen LogP contribution in [0.15, 0.2) is 24.3 Å². The Morgan fingerprint density at radius 2 is 1.93 bits per heavy atom. The van der Waals surface area contributed by atoms with Gasteiger partial charge in [0.15, 0.2) is 11.5 Å². The highest BCUT2D eigenvalue weighted by Crippen LogP contribution is 2.52. The zero-order valence-corrected chi connectivity index (χ0v) is 15.3. The summed E-state index contributed by atoms with van der Waals surface area (Å²) in [5.41, 5.74) is -0.106. The summed E-state index contributed by atoms with van der Waals surface area (Å²) in [6.07, 6.45) is 2.94. The Morgan fingerprint density at radius 3 is 2.48 bits per heavy atom. The average molecular weight is 374 g/mol. The molecular weight excluding hydrogens is 354 g/mol. The molecule has 1 amide bonds. The molecule has 8 nitrogen and oxygen atoms in total. The number of nitrogens with zero attached hydrogens (tertiary/aromatic N) is 1. The Morgan fingerprint density at radius 1 is 1.26 bits per heavy atom. The van der Waals surface area contributed by atoms with E-state index in [9.17, 15) is 14.7 Å². The monoisotopic (exact) mass is 374 g/mol. The van der Waals surface area contributed by atoms with Gasteiger partial charge in [0.25, 0.3) is 0 Å². The van der Waals surface area contributed by atoms with Gasteiger partial charge in [0, 0.05) is 18.4 Å². The van der Waals surface area contributed by atoms with Crippen LogP contribution in [0, 0.1) is 11.8 Å². The number of benzene rings is 1. The molecule has 3 aliphatic heterocycles. The van der Waals surface area contributed by atoms with Crippen LogP contribution in [0.5, 0.6) is 17.2 Å². The molecule has 1 spiro atoms. The van der Waals surface area contributed by atoms with Crippen molar-refractivity contribution < 1.29 is 33.6 Å². The van der Waals surface area contributed by atoms with Crippen LogP contribution in [0.1, 0.15) is 5.56 Å². The van der Waals surface area contributed by atoms with E-state index in [-0.39, 0.29) is 12.5 Å². The first kappa shape index (κ1) is 17.7. The number of aliphatic carboxylic acids is 1. The second-order valence-electron chi connectivity index (χ2n) is 6.95. The smallest absolute Gasteiger partial charge is 0.230 e. The molecule has 2 bridgehead atoms. The Labute approximate surface area is 156 Å². The molecule has 3 aliphatic rings. The quantitative estimate of drug-likeness (QED) is 0.633. The minimum Gasteiger partial charge on any atom is -0.550 e. The zero-order chi connectivity index (χ0) is 19.3. The molecule has 1 aromatic rings. The van der Waals surface area contributed by atoms with Crippen LogP contribution in [0.4, 0.5) is 0 Å². The molecule has 2 saturated heterocycles. The second kappa shape index (κ2) is 6.16. The number of methoxy groups -OCH3 is 3. The van der Waals surface area contributed by atoms with Gasteiger partial charge in [-0.2, -0.15) is 0 Å². The Bertz CT molecular complexity index is 810. The van der Waals surface area contributed by atoms with Crippen LogP contribution >= 0.6 is 0 Å². The maximum Gasteiger partial charge on any atom is 0.230 e. The Kier molecular flexibility index (Phi) is 4.03. The Hall–Kier alpha value is -2.74. The van der Waals surface area contributed by atoms with E-state index in [0.717, 1.165) is 5.56 Å². The highest BCUT2D eigenvalue weighted by Gasteiger charge is 2.65. The molecule has 144 valence electrons. The van der Waals surface area contributed by atoms with E-state index in [4.69, 9.17) is 18.9 Å². The molecule has 0 N–H and O–H groups in total. The summed E-state index contributed by atoms with van der Waals surface area (Å²) in [7, 11) is 4.56. The molecule has 0 aliphatic carbocycles. The van der Waals surface area contributed by atoms with Crippen LogP contribution in [-0.2, 0) is 20.9 Å². The second-order valence-corrected chi connectivity index (χ2v) is 6.95. The van der Waals surface area contributed by atoms with Gasteiger partial charge in [0.05, 0.1) is 39.9 Å². The molecule has 27 heavy (non-hydrogen) atoms. The van der Waals surface area contributed by atoms with E-state index in [1.165, 1.54) is 21.3 Å². The van der Waals surface area contributed by atoms with Gasteiger partial charge in [0.2, 0.25) is 11.7 Å². The van der Waals surface area contributed by atoms with Crippen molar-refractivity contribution in [3.8, 4) is 17.2 Å². The minimum atomic E-state index is -1.25. The molecule has 8 heteroatoms. The van der Waals surface area contributed by atoms with Crippen molar-refractivity contribution in [3.63, 3.8) is 0 Å². The number of carbonyl (C=O) groups is 2. The fraction of sp³-hybridized carbons (Fsp3) is 0.474. The van der Waals surface area contributed by atoms with Crippen molar-refractivity contribution in [3.05, 3.63) is 29.8 Å². The number of carbonyl (C=O) groups excluding carboxylic acids is 2. The highest BCUT2D eigenvalue weighted by atomic mass is 16.5. The molecule has 0 aromatic heterocycles. The van der Waals surface area contributed by atoms with E-state index >= 15 is 0 Å².